The van der Waals surface area contributed by atoms with Crippen molar-refractivity contribution in [3.05, 3.63) is 5.82 Å². The van der Waals surface area contributed by atoms with E-state index in [1.165, 1.54) is 36.9 Å². The van der Waals surface area contributed by atoms with Crippen LogP contribution in [0.25, 0.3) is 0 Å². The van der Waals surface area contributed by atoms with Gasteiger partial charge in [0.15, 0.2) is 5.82 Å². The van der Waals surface area contributed by atoms with Gasteiger partial charge in [0.25, 0.3) is 0 Å². The summed E-state index contributed by atoms with van der Waals surface area (Å²) in [7, 11) is 1.79. The van der Waals surface area contributed by atoms with E-state index in [9.17, 15) is 0 Å². The van der Waals surface area contributed by atoms with Crippen LogP contribution in [0.4, 0.5) is 0 Å². The summed E-state index contributed by atoms with van der Waals surface area (Å²) in [5, 5.41) is 15.5. The average molecular weight is 255 g/mol. The Morgan fingerprint density at radius 3 is 2.71 bits per heavy atom. The van der Waals surface area contributed by atoms with E-state index < -0.39 is 0 Å². The van der Waals surface area contributed by atoms with Gasteiger partial charge >= 0.3 is 0 Å². The first kappa shape index (κ1) is 12.8. The van der Waals surface area contributed by atoms with Crippen LogP contribution in [0.5, 0.6) is 0 Å². The van der Waals surface area contributed by atoms with Gasteiger partial charge in [0.05, 0.1) is 13.6 Å². The zero-order valence-electron chi connectivity index (χ0n) is 10.6. The second-order valence-electron chi connectivity index (χ2n) is 4.75. The molecule has 0 atom stereocenters. The highest BCUT2D eigenvalue weighted by molar-refractivity contribution is 8.00. The Morgan fingerprint density at radius 1 is 1.35 bits per heavy atom. The van der Waals surface area contributed by atoms with Gasteiger partial charge in [-0.15, -0.1) is 10.2 Å². The van der Waals surface area contributed by atoms with Gasteiger partial charge in [0, 0.05) is 11.3 Å². The molecule has 1 aliphatic rings. The van der Waals surface area contributed by atoms with Crippen molar-refractivity contribution in [2.75, 3.05) is 12.8 Å². The summed E-state index contributed by atoms with van der Waals surface area (Å²) in [6.07, 6.45) is 9.02. The SMILES string of the molecule is CSC1(CNCc2nnn(C)n2)CCCCC1. The standard InChI is InChI=1S/C11H21N5S/c1-16-14-10(13-15-16)8-12-9-11(17-2)6-4-3-5-7-11/h12H,3-9H2,1-2H3. The van der Waals surface area contributed by atoms with Crippen molar-refractivity contribution in [3.63, 3.8) is 0 Å². The first-order valence-corrected chi connectivity index (χ1v) is 7.45. The molecule has 1 fully saturated rings. The van der Waals surface area contributed by atoms with Crippen LogP contribution in [0.1, 0.15) is 37.9 Å². The second kappa shape index (κ2) is 5.82. The molecule has 0 aliphatic heterocycles. The van der Waals surface area contributed by atoms with Gasteiger partial charge in [-0.2, -0.15) is 16.6 Å². The molecule has 1 aliphatic carbocycles. The molecule has 1 N–H and O–H groups in total. The number of aryl methyl sites for hydroxylation is 1. The van der Waals surface area contributed by atoms with Crippen LogP contribution in [-0.2, 0) is 13.6 Å². The van der Waals surface area contributed by atoms with Crippen molar-refractivity contribution >= 4 is 11.8 Å². The van der Waals surface area contributed by atoms with Crippen molar-refractivity contribution in [1.29, 1.82) is 0 Å². The summed E-state index contributed by atoms with van der Waals surface area (Å²) in [5.74, 6) is 0.777. The Morgan fingerprint density at radius 2 is 2.12 bits per heavy atom. The lowest BCUT2D eigenvalue weighted by Crippen LogP contribution is -2.39. The van der Waals surface area contributed by atoms with Gasteiger partial charge in [-0.1, -0.05) is 19.3 Å². The molecular formula is C11H21N5S. The van der Waals surface area contributed by atoms with Gasteiger partial charge in [0.1, 0.15) is 0 Å². The van der Waals surface area contributed by atoms with Gasteiger partial charge in [-0.3, -0.25) is 0 Å². The van der Waals surface area contributed by atoms with E-state index in [2.05, 4.69) is 27.0 Å². The number of hydrogen-bond donors (Lipinski definition) is 1. The lowest BCUT2D eigenvalue weighted by Gasteiger charge is -2.35. The topological polar surface area (TPSA) is 55.6 Å². The number of nitrogens with zero attached hydrogens (tertiary/aromatic N) is 4. The summed E-state index contributed by atoms with van der Waals surface area (Å²) < 4.78 is 0.431. The van der Waals surface area contributed by atoms with Gasteiger partial charge in [-0.25, -0.2) is 0 Å². The Hall–Kier alpha value is -0.620. The fourth-order valence-electron chi connectivity index (χ4n) is 2.45. The number of rotatable bonds is 5. The first-order valence-electron chi connectivity index (χ1n) is 6.23. The maximum atomic E-state index is 4.17. The number of nitrogens with one attached hydrogen (secondary N) is 1. The maximum Gasteiger partial charge on any atom is 0.188 e. The Kier molecular flexibility index (Phi) is 4.39. The van der Waals surface area contributed by atoms with E-state index in [0.717, 1.165) is 18.9 Å². The van der Waals surface area contributed by atoms with Crippen molar-refractivity contribution in [1.82, 2.24) is 25.5 Å². The number of tetrazole rings is 1. The highest BCUT2D eigenvalue weighted by atomic mass is 32.2. The van der Waals surface area contributed by atoms with E-state index >= 15 is 0 Å². The van der Waals surface area contributed by atoms with Gasteiger partial charge in [-0.05, 0) is 24.3 Å². The summed E-state index contributed by atoms with van der Waals surface area (Å²) in [6.45, 7) is 1.77. The predicted octanol–water partition coefficient (Wildman–Crippen LogP) is 1.37. The molecule has 5 nitrogen and oxygen atoms in total. The van der Waals surface area contributed by atoms with Crippen LogP contribution >= 0.6 is 11.8 Å². The van der Waals surface area contributed by atoms with Crippen molar-refractivity contribution in [2.45, 2.75) is 43.4 Å². The smallest absolute Gasteiger partial charge is 0.188 e. The third-order valence-corrected chi connectivity index (χ3v) is 4.90. The van der Waals surface area contributed by atoms with Crippen LogP contribution in [-0.4, -0.2) is 37.8 Å². The van der Waals surface area contributed by atoms with E-state index in [1.54, 1.807) is 7.05 Å². The summed E-state index contributed by atoms with van der Waals surface area (Å²) in [6, 6.07) is 0. The highest BCUT2D eigenvalue weighted by Crippen LogP contribution is 2.37. The largest absolute Gasteiger partial charge is 0.308 e. The molecule has 1 aromatic rings. The Balaban J connectivity index is 1.79. The fraction of sp³-hybridized carbons (Fsp3) is 0.909. The summed E-state index contributed by atoms with van der Waals surface area (Å²) in [4.78, 5) is 1.50. The van der Waals surface area contributed by atoms with Crippen LogP contribution in [0.15, 0.2) is 0 Å². The molecule has 0 unspecified atom stereocenters. The Labute approximate surface area is 107 Å². The van der Waals surface area contributed by atoms with Crippen molar-refractivity contribution in [2.24, 2.45) is 7.05 Å². The third kappa shape index (κ3) is 3.42. The van der Waals surface area contributed by atoms with Crippen molar-refractivity contribution in [3.8, 4) is 0 Å². The van der Waals surface area contributed by atoms with E-state index in [-0.39, 0.29) is 0 Å². The van der Waals surface area contributed by atoms with Crippen LogP contribution in [0.2, 0.25) is 0 Å². The number of hydrogen-bond acceptors (Lipinski definition) is 5. The Bertz CT molecular complexity index is 345. The second-order valence-corrected chi connectivity index (χ2v) is 6.02. The molecule has 0 aromatic carbocycles. The molecule has 0 amide bonds. The molecule has 1 saturated carbocycles. The first-order chi connectivity index (χ1) is 8.24. The monoisotopic (exact) mass is 255 g/mol. The molecular weight excluding hydrogens is 234 g/mol. The normalized spacial score (nSPS) is 19.4. The minimum Gasteiger partial charge on any atom is -0.308 e. The third-order valence-electron chi connectivity index (χ3n) is 3.48. The molecule has 0 bridgehead atoms. The lowest BCUT2D eigenvalue weighted by molar-refractivity contribution is 0.378. The molecule has 17 heavy (non-hydrogen) atoms. The molecule has 1 heterocycles. The van der Waals surface area contributed by atoms with Crippen LogP contribution in [0.3, 0.4) is 0 Å². The molecule has 96 valence electrons. The predicted molar refractivity (Wildman–Crippen MR) is 69.8 cm³/mol. The van der Waals surface area contributed by atoms with Crippen LogP contribution in [0, 0.1) is 0 Å². The molecule has 1 aromatic heterocycles. The molecule has 6 heteroatoms. The average Bonchev–Trinajstić information content (AvgIpc) is 2.76. The number of aromatic nitrogens is 4. The van der Waals surface area contributed by atoms with Crippen molar-refractivity contribution < 1.29 is 0 Å². The minimum atomic E-state index is 0.431. The van der Waals surface area contributed by atoms with E-state index in [1.807, 2.05) is 11.8 Å². The minimum absolute atomic E-state index is 0.431. The lowest BCUT2D eigenvalue weighted by atomic mass is 9.88. The molecule has 2 rings (SSSR count). The quantitative estimate of drug-likeness (QED) is 0.861. The fourth-order valence-corrected chi connectivity index (χ4v) is 3.39. The highest BCUT2D eigenvalue weighted by Gasteiger charge is 2.30. The van der Waals surface area contributed by atoms with Gasteiger partial charge in [0.2, 0.25) is 0 Å². The molecule has 0 radical (unpaired) electrons. The zero-order chi connectivity index (χ0) is 12.1. The van der Waals surface area contributed by atoms with E-state index in [4.69, 9.17) is 0 Å². The van der Waals surface area contributed by atoms with Gasteiger partial charge < -0.3 is 5.32 Å². The number of thioether (sulfide) groups is 1. The van der Waals surface area contributed by atoms with E-state index in [0.29, 0.717) is 4.75 Å². The summed E-state index contributed by atoms with van der Waals surface area (Å²) >= 11 is 2.01. The molecule has 0 spiro atoms. The summed E-state index contributed by atoms with van der Waals surface area (Å²) in [5.41, 5.74) is 0. The maximum absolute atomic E-state index is 4.17. The zero-order valence-corrected chi connectivity index (χ0v) is 11.5. The van der Waals surface area contributed by atoms with Crippen LogP contribution < -0.4 is 5.32 Å². The molecule has 0 saturated heterocycles.